The first-order valence-corrected chi connectivity index (χ1v) is 8.01. The zero-order valence-electron chi connectivity index (χ0n) is 13.0. The van der Waals surface area contributed by atoms with Gasteiger partial charge in [-0.25, -0.2) is 0 Å². The summed E-state index contributed by atoms with van der Waals surface area (Å²) in [6, 6.07) is 4.54. The van der Waals surface area contributed by atoms with Crippen LogP contribution < -0.4 is 5.73 Å². The highest BCUT2D eigenvalue weighted by atomic mass is 35.5. The Morgan fingerprint density at radius 3 is 2.48 bits per heavy atom. The number of hydrogen-bond acceptors (Lipinski definition) is 4. The third kappa shape index (κ3) is 3.89. The summed E-state index contributed by atoms with van der Waals surface area (Å²) in [5, 5.41) is 3.75. The second-order valence-corrected chi connectivity index (χ2v) is 6.38. The van der Waals surface area contributed by atoms with Gasteiger partial charge in [-0.15, -0.1) is 0 Å². The van der Waals surface area contributed by atoms with E-state index in [1.165, 1.54) is 11.0 Å². The molecule has 0 atom stereocenters. The van der Waals surface area contributed by atoms with Crippen molar-refractivity contribution in [2.24, 2.45) is 0 Å². The van der Waals surface area contributed by atoms with Gasteiger partial charge in [-0.3, -0.25) is 4.79 Å². The van der Waals surface area contributed by atoms with Gasteiger partial charge in [-0.2, -0.15) is 13.2 Å². The van der Waals surface area contributed by atoms with Crippen LogP contribution in [0.2, 0.25) is 5.02 Å². The number of likely N-dealkylation sites (tertiary alicyclic amines) is 1. The second-order valence-electron chi connectivity index (χ2n) is 5.95. The molecule has 0 aliphatic carbocycles. The summed E-state index contributed by atoms with van der Waals surface area (Å²) in [5.74, 6) is -0.131. The van der Waals surface area contributed by atoms with E-state index in [0.29, 0.717) is 25.9 Å². The fourth-order valence-electron chi connectivity index (χ4n) is 2.93. The minimum atomic E-state index is -4.56. The number of rotatable bonds is 2. The molecule has 0 spiro atoms. The Labute approximate surface area is 146 Å². The fourth-order valence-corrected chi connectivity index (χ4v) is 3.17. The highest BCUT2D eigenvalue weighted by Gasteiger charge is 2.33. The molecule has 134 valence electrons. The SMILES string of the molecule is Nc1cc(C2CCN(C(=O)c3cc(Cl)cc(C(F)(F)F)c3)CC2)no1. The molecule has 5 nitrogen and oxygen atoms in total. The average Bonchev–Trinajstić information content (AvgIpc) is 2.99. The molecule has 0 unspecified atom stereocenters. The Kier molecular flexibility index (Phi) is 4.64. The van der Waals surface area contributed by atoms with E-state index in [2.05, 4.69) is 5.16 Å². The molecule has 3 rings (SSSR count). The highest BCUT2D eigenvalue weighted by Crippen LogP contribution is 2.33. The molecule has 1 aliphatic rings. The van der Waals surface area contributed by atoms with Crippen LogP contribution in [0, 0.1) is 0 Å². The van der Waals surface area contributed by atoms with Crippen LogP contribution in [0.3, 0.4) is 0 Å². The van der Waals surface area contributed by atoms with E-state index in [1.807, 2.05) is 0 Å². The number of piperidine rings is 1. The maximum Gasteiger partial charge on any atom is 0.416 e. The van der Waals surface area contributed by atoms with Crippen molar-refractivity contribution in [1.29, 1.82) is 0 Å². The van der Waals surface area contributed by atoms with E-state index in [-0.39, 0.29) is 22.4 Å². The number of hydrogen-bond donors (Lipinski definition) is 1. The lowest BCUT2D eigenvalue weighted by Crippen LogP contribution is -2.38. The quantitative estimate of drug-likeness (QED) is 0.865. The fraction of sp³-hybridized carbons (Fsp3) is 0.375. The number of aromatic nitrogens is 1. The van der Waals surface area contributed by atoms with Crippen molar-refractivity contribution < 1.29 is 22.5 Å². The predicted molar refractivity (Wildman–Crippen MR) is 85.2 cm³/mol. The summed E-state index contributed by atoms with van der Waals surface area (Å²) in [4.78, 5) is 14.0. The lowest BCUT2D eigenvalue weighted by Gasteiger charge is -2.31. The monoisotopic (exact) mass is 373 g/mol. The Balaban J connectivity index is 1.71. The van der Waals surface area contributed by atoms with E-state index < -0.39 is 17.6 Å². The van der Waals surface area contributed by atoms with E-state index in [0.717, 1.165) is 17.8 Å². The third-order valence-corrected chi connectivity index (χ3v) is 4.44. The molecular formula is C16H15ClF3N3O2. The lowest BCUT2D eigenvalue weighted by atomic mass is 9.93. The number of carbonyl (C=O) groups is 1. The van der Waals surface area contributed by atoms with Gasteiger partial charge in [0, 0.05) is 35.7 Å². The molecule has 1 fully saturated rings. The first-order chi connectivity index (χ1) is 11.7. The van der Waals surface area contributed by atoms with Crippen molar-refractivity contribution in [3.8, 4) is 0 Å². The van der Waals surface area contributed by atoms with Gasteiger partial charge < -0.3 is 15.2 Å². The number of alkyl halides is 3. The molecule has 0 saturated carbocycles. The molecule has 1 aliphatic heterocycles. The van der Waals surface area contributed by atoms with Crippen molar-refractivity contribution >= 4 is 23.4 Å². The standard InChI is InChI=1S/C16H15ClF3N3O2/c17-12-6-10(5-11(7-12)16(18,19)20)15(24)23-3-1-9(2-4-23)13-8-14(21)25-22-13/h5-9H,1-4,21H2. The average molecular weight is 374 g/mol. The number of amides is 1. The molecule has 0 radical (unpaired) electrons. The number of nitrogens with zero attached hydrogens (tertiary/aromatic N) is 2. The molecular weight excluding hydrogens is 359 g/mol. The Hall–Kier alpha value is -2.22. The Morgan fingerprint density at radius 2 is 1.92 bits per heavy atom. The molecule has 2 N–H and O–H groups in total. The van der Waals surface area contributed by atoms with Gasteiger partial charge in [-0.05, 0) is 31.0 Å². The molecule has 1 aromatic heterocycles. The zero-order chi connectivity index (χ0) is 18.2. The Morgan fingerprint density at radius 1 is 1.24 bits per heavy atom. The van der Waals surface area contributed by atoms with E-state index in [4.69, 9.17) is 21.9 Å². The Bertz CT molecular complexity index is 783. The van der Waals surface area contributed by atoms with Gasteiger partial charge in [-0.1, -0.05) is 16.8 Å². The summed E-state index contributed by atoms with van der Waals surface area (Å²) < 4.78 is 43.5. The second kappa shape index (κ2) is 6.59. The van der Waals surface area contributed by atoms with Gasteiger partial charge in [0.25, 0.3) is 5.91 Å². The number of carbonyl (C=O) groups excluding carboxylic acids is 1. The van der Waals surface area contributed by atoms with Crippen LogP contribution in [0.4, 0.5) is 19.1 Å². The van der Waals surface area contributed by atoms with Gasteiger partial charge in [0.05, 0.1) is 11.3 Å². The van der Waals surface area contributed by atoms with E-state index in [9.17, 15) is 18.0 Å². The van der Waals surface area contributed by atoms with Gasteiger partial charge in [0.15, 0.2) is 0 Å². The minimum Gasteiger partial charge on any atom is -0.368 e. The number of nitrogen functional groups attached to an aromatic ring is 1. The molecule has 1 saturated heterocycles. The van der Waals surface area contributed by atoms with Crippen molar-refractivity contribution in [3.63, 3.8) is 0 Å². The largest absolute Gasteiger partial charge is 0.416 e. The number of benzene rings is 1. The normalized spacial score (nSPS) is 16.2. The summed E-state index contributed by atoms with van der Waals surface area (Å²) in [5.41, 5.74) is 5.23. The number of nitrogens with two attached hydrogens (primary N) is 1. The van der Waals surface area contributed by atoms with Crippen molar-refractivity contribution in [3.05, 3.63) is 46.1 Å². The highest BCUT2D eigenvalue weighted by molar-refractivity contribution is 6.31. The van der Waals surface area contributed by atoms with Crippen LogP contribution in [-0.4, -0.2) is 29.1 Å². The molecule has 2 aromatic rings. The van der Waals surface area contributed by atoms with Crippen molar-refractivity contribution in [2.45, 2.75) is 24.9 Å². The van der Waals surface area contributed by atoms with Crippen molar-refractivity contribution in [1.82, 2.24) is 10.1 Å². The van der Waals surface area contributed by atoms with Crippen LogP contribution in [0.25, 0.3) is 0 Å². The lowest BCUT2D eigenvalue weighted by molar-refractivity contribution is -0.137. The third-order valence-electron chi connectivity index (χ3n) is 4.22. The maximum absolute atomic E-state index is 12.9. The summed E-state index contributed by atoms with van der Waals surface area (Å²) in [6.45, 7) is 0.814. The smallest absolute Gasteiger partial charge is 0.368 e. The molecule has 1 amide bonds. The van der Waals surface area contributed by atoms with E-state index in [1.54, 1.807) is 6.07 Å². The zero-order valence-corrected chi connectivity index (χ0v) is 13.8. The first kappa shape index (κ1) is 17.6. The van der Waals surface area contributed by atoms with Crippen LogP contribution >= 0.6 is 11.6 Å². The molecule has 2 heterocycles. The van der Waals surface area contributed by atoms with Crippen LogP contribution in [-0.2, 0) is 6.18 Å². The first-order valence-electron chi connectivity index (χ1n) is 7.63. The van der Waals surface area contributed by atoms with Gasteiger partial charge >= 0.3 is 6.18 Å². The number of anilines is 1. The minimum absolute atomic E-state index is 0.0658. The summed E-state index contributed by atoms with van der Waals surface area (Å²) in [7, 11) is 0. The van der Waals surface area contributed by atoms with Crippen LogP contribution in [0.1, 0.15) is 40.4 Å². The molecule has 9 heteroatoms. The molecule has 25 heavy (non-hydrogen) atoms. The van der Waals surface area contributed by atoms with E-state index >= 15 is 0 Å². The van der Waals surface area contributed by atoms with Gasteiger partial charge in [0.1, 0.15) is 0 Å². The number of halogens is 4. The summed E-state index contributed by atoms with van der Waals surface area (Å²) >= 11 is 5.74. The van der Waals surface area contributed by atoms with Crippen LogP contribution in [0.5, 0.6) is 0 Å². The van der Waals surface area contributed by atoms with Crippen molar-refractivity contribution in [2.75, 3.05) is 18.8 Å². The summed E-state index contributed by atoms with van der Waals surface area (Å²) in [6.07, 6.45) is -3.30. The molecule has 0 bridgehead atoms. The predicted octanol–water partition coefficient (Wildman–Crippen LogP) is 3.95. The topological polar surface area (TPSA) is 72.4 Å². The van der Waals surface area contributed by atoms with Gasteiger partial charge in [0.2, 0.25) is 5.88 Å². The maximum atomic E-state index is 12.9. The van der Waals surface area contributed by atoms with Crippen LogP contribution in [0.15, 0.2) is 28.8 Å². The molecule has 1 aromatic carbocycles.